The van der Waals surface area contributed by atoms with Gasteiger partial charge in [0.15, 0.2) is 0 Å². The van der Waals surface area contributed by atoms with E-state index < -0.39 is 5.41 Å². The van der Waals surface area contributed by atoms with Crippen molar-refractivity contribution in [2.75, 3.05) is 32.8 Å². The van der Waals surface area contributed by atoms with Gasteiger partial charge in [-0.15, -0.1) is 0 Å². The maximum atomic E-state index is 13.4. The summed E-state index contributed by atoms with van der Waals surface area (Å²) < 4.78 is 18.7. The Kier molecular flexibility index (Phi) is 5.91. The minimum atomic E-state index is -0.588. The molecule has 0 amide bonds. The molecule has 0 aliphatic carbocycles. The van der Waals surface area contributed by atoms with E-state index >= 15 is 0 Å². The molecule has 0 spiro atoms. The molecule has 2 rings (SSSR count). The molecule has 0 bridgehead atoms. The second kappa shape index (κ2) is 7.70. The average Bonchev–Trinajstić information content (AvgIpc) is 2.50. The van der Waals surface area contributed by atoms with E-state index in [9.17, 15) is 9.18 Å². The van der Waals surface area contributed by atoms with Gasteiger partial charge in [-0.05, 0) is 57.0 Å². The Hall–Kier alpha value is -1.46. The average molecular weight is 309 g/mol. The van der Waals surface area contributed by atoms with Gasteiger partial charge in [0, 0.05) is 6.54 Å². The fourth-order valence-electron chi connectivity index (χ4n) is 3.12. The largest absolute Gasteiger partial charge is 0.466 e. The minimum Gasteiger partial charge on any atom is -0.466 e. The van der Waals surface area contributed by atoms with Gasteiger partial charge in [0.1, 0.15) is 5.82 Å². The van der Waals surface area contributed by atoms with Crippen molar-refractivity contribution in [2.24, 2.45) is 5.41 Å². The molecule has 0 unspecified atom stereocenters. The number of carbonyl (C=O) groups excluding carboxylic acids is 1. The Morgan fingerprint density at radius 3 is 2.73 bits per heavy atom. The number of aliphatic hydroxyl groups excluding tert-OH is 1. The summed E-state index contributed by atoms with van der Waals surface area (Å²) in [5.41, 5.74) is 0.235. The third-order valence-corrected chi connectivity index (χ3v) is 4.37. The van der Waals surface area contributed by atoms with E-state index in [1.165, 1.54) is 12.1 Å². The highest BCUT2D eigenvalue weighted by Crippen LogP contribution is 2.36. The zero-order valence-electron chi connectivity index (χ0n) is 13.1. The summed E-state index contributed by atoms with van der Waals surface area (Å²) in [6, 6.07) is 6.42. The van der Waals surface area contributed by atoms with E-state index in [1.807, 2.05) is 6.07 Å². The quantitative estimate of drug-likeness (QED) is 0.817. The smallest absolute Gasteiger partial charge is 0.312 e. The minimum absolute atomic E-state index is 0.121. The summed E-state index contributed by atoms with van der Waals surface area (Å²) >= 11 is 0. The number of likely N-dealkylation sites (tertiary alicyclic amines) is 1. The lowest BCUT2D eigenvalue weighted by Gasteiger charge is -2.39. The van der Waals surface area contributed by atoms with Crippen LogP contribution in [0, 0.1) is 11.2 Å². The predicted molar refractivity (Wildman–Crippen MR) is 81.9 cm³/mol. The Morgan fingerprint density at radius 2 is 2.14 bits per heavy atom. The van der Waals surface area contributed by atoms with Gasteiger partial charge in [0.05, 0.1) is 18.6 Å². The number of benzene rings is 1. The first-order valence-electron chi connectivity index (χ1n) is 7.84. The highest BCUT2D eigenvalue weighted by Gasteiger charge is 2.42. The van der Waals surface area contributed by atoms with Crippen LogP contribution in [0.25, 0.3) is 0 Å². The highest BCUT2D eigenvalue weighted by molar-refractivity contribution is 5.77. The Bertz CT molecular complexity index is 498. The maximum absolute atomic E-state index is 13.4. The van der Waals surface area contributed by atoms with Gasteiger partial charge in [-0.25, -0.2) is 4.39 Å². The number of carbonyl (C=O) groups is 1. The summed E-state index contributed by atoms with van der Waals surface area (Å²) in [5, 5.41) is 9.03. The van der Waals surface area contributed by atoms with Crippen molar-refractivity contribution in [3.63, 3.8) is 0 Å². The van der Waals surface area contributed by atoms with Gasteiger partial charge in [0.25, 0.3) is 0 Å². The van der Waals surface area contributed by atoms with Crippen LogP contribution in [0.3, 0.4) is 0 Å². The molecule has 1 aliphatic rings. The van der Waals surface area contributed by atoms with Gasteiger partial charge in [0.2, 0.25) is 0 Å². The van der Waals surface area contributed by atoms with Crippen molar-refractivity contribution in [1.82, 2.24) is 4.90 Å². The Balaban J connectivity index is 2.14. The van der Waals surface area contributed by atoms with Crippen molar-refractivity contribution in [1.29, 1.82) is 0 Å². The monoisotopic (exact) mass is 309 g/mol. The van der Waals surface area contributed by atoms with Gasteiger partial charge in [-0.3, -0.25) is 4.79 Å². The number of nitrogens with zero attached hydrogens (tertiary/aromatic N) is 1. The number of rotatable bonds is 6. The van der Waals surface area contributed by atoms with Crippen LogP contribution in [-0.4, -0.2) is 48.8 Å². The molecule has 1 N–H and O–H groups in total. The molecule has 1 fully saturated rings. The summed E-state index contributed by atoms with van der Waals surface area (Å²) in [4.78, 5) is 14.6. The molecular formula is C17H24FNO3. The van der Waals surface area contributed by atoms with Gasteiger partial charge in [-0.1, -0.05) is 12.1 Å². The van der Waals surface area contributed by atoms with Gasteiger partial charge in [-0.2, -0.15) is 0 Å². The third kappa shape index (κ3) is 4.05. The van der Waals surface area contributed by atoms with E-state index in [4.69, 9.17) is 9.84 Å². The first kappa shape index (κ1) is 16.9. The van der Waals surface area contributed by atoms with E-state index in [-0.39, 0.29) is 18.4 Å². The first-order valence-corrected chi connectivity index (χ1v) is 7.84. The molecule has 0 saturated carbocycles. The Morgan fingerprint density at radius 1 is 1.41 bits per heavy atom. The fraction of sp³-hybridized carbons (Fsp3) is 0.588. The summed E-state index contributed by atoms with van der Waals surface area (Å²) in [7, 11) is 0. The van der Waals surface area contributed by atoms with Crippen LogP contribution in [0.4, 0.5) is 4.39 Å². The maximum Gasteiger partial charge on any atom is 0.312 e. The van der Waals surface area contributed by atoms with Crippen LogP contribution >= 0.6 is 0 Å². The zero-order valence-corrected chi connectivity index (χ0v) is 13.1. The molecule has 0 atom stereocenters. The van der Waals surface area contributed by atoms with Crippen molar-refractivity contribution < 1.29 is 19.0 Å². The fourth-order valence-corrected chi connectivity index (χ4v) is 3.12. The third-order valence-electron chi connectivity index (χ3n) is 4.37. The van der Waals surface area contributed by atoms with Crippen molar-refractivity contribution in [3.8, 4) is 0 Å². The van der Waals surface area contributed by atoms with Crippen molar-refractivity contribution in [3.05, 3.63) is 35.6 Å². The topological polar surface area (TPSA) is 49.8 Å². The number of β-amino-alcohol motifs (C(OH)–C–C–N with tert-alkyl or cyclic N) is 1. The lowest BCUT2D eigenvalue weighted by atomic mass is 9.73. The van der Waals surface area contributed by atoms with Crippen LogP contribution in [-0.2, 0) is 16.0 Å². The van der Waals surface area contributed by atoms with Crippen molar-refractivity contribution in [2.45, 2.75) is 26.2 Å². The summed E-state index contributed by atoms with van der Waals surface area (Å²) in [5.74, 6) is -0.475. The van der Waals surface area contributed by atoms with Crippen LogP contribution in [0.1, 0.15) is 25.3 Å². The number of esters is 1. The van der Waals surface area contributed by atoms with Crippen molar-refractivity contribution >= 4 is 5.97 Å². The molecule has 122 valence electrons. The van der Waals surface area contributed by atoms with Crippen LogP contribution < -0.4 is 0 Å². The van der Waals surface area contributed by atoms with Gasteiger partial charge >= 0.3 is 5.97 Å². The molecule has 1 saturated heterocycles. The van der Waals surface area contributed by atoms with Crippen LogP contribution in [0.5, 0.6) is 0 Å². The molecule has 1 aliphatic heterocycles. The SMILES string of the molecule is CCOC(=O)C1(Cc2cccc(F)c2)CCN(CCO)CC1. The molecule has 4 nitrogen and oxygen atoms in total. The molecule has 0 aromatic heterocycles. The van der Waals surface area contributed by atoms with E-state index in [0.29, 0.717) is 32.4 Å². The molecule has 1 heterocycles. The second-order valence-corrected chi connectivity index (χ2v) is 5.87. The molecule has 22 heavy (non-hydrogen) atoms. The molecule has 0 radical (unpaired) electrons. The molecule has 5 heteroatoms. The van der Waals surface area contributed by atoms with E-state index in [0.717, 1.165) is 18.7 Å². The van der Waals surface area contributed by atoms with Gasteiger partial charge < -0.3 is 14.7 Å². The second-order valence-electron chi connectivity index (χ2n) is 5.87. The first-order chi connectivity index (χ1) is 10.6. The van der Waals surface area contributed by atoms with E-state index in [1.54, 1.807) is 13.0 Å². The lowest BCUT2D eigenvalue weighted by molar-refractivity contribution is -0.158. The normalized spacial score (nSPS) is 18.1. The van der Waals surface area contributed by atoms with E-state index in [2.05, 4.69) is 4.90 Å². The predicted octanol–water partition coefficient (Wildman–Crippen LogP) is 2.01. The summed E-state index contributed by atoms with van der Waals surface area (Å²) in [6.07, 6.45) is 1.83. The number of aliphatic hydroxyl groups is 1. The molecule has 1 aromatic rings. The number of hydrogen-bond donors (Lipinski definition) is 1. The zero-order chi connectivity index (χ0) is 16.0. The molecular weight excluding hydrogens is 285 g/mol. The standard InChI is InChI=1S/C17H24FNO3/c1-2-22-16(21)17(6-8-19(9-7-17)10-11-20)13-14-4-3-5-15(18)12-14/h3-5,12,20H,2,6-11,13H2,1H3. The summed E-state index contributed by atoms with van der Waals surface area (Å²) in [6.45, 7) is 4.39. The molecule has 1 aromatic carbocycles. The number of halogens is 1. The lowest BCUT2D eigenvalue weighted by Crippen LogP contribution is -2.47. The highest BCUT2D eigenvalue weighted by atomic mass is 19.1. The van der Waals surface area contributed by atoms with Crippen LogP contribution in [0.2, 0.25) is 0 Å². The Labute approximate surface area is 130 Å². The number of ether oxygens (including phenoxy) is 1. The number of hydrogen-bond acceptors (Lipinski definition) is 4. The van der Waals surface area contributed by atoms with Crippen LogP contribution in [0.15, 0.2) is 24.3 Å². The number of piperidine rings is 1.